The molecule has 128 valence electrons. The monoisotopic (exact) mass is 335 g/mol. The third-order valence-corrected chi connectivity index (χ3v) is 4.90. The maximum atomic E-state index is 12.6. The Bertz CT molecular complexity index is 818. The van der Waals surface area contributed by atoms with Gasteiger partial charge in [-0.1, -0.05) is 30.3 Å². The largest absolute Gasteiger partial charge is 0.325 e. The Morgan fingerprint density at radius 2 is 1.96 bits per heavy atom. The van der Waals surface area contributed by atoms with Gasteiger partial charge in [-0.2, -0.15) is 0 Å². The smallest absolute Gasteiger partial charge is 0.241 e. The van der Waals surface area contributed by atoms with Crippen LogP contribution in [-0.4, -0.2) is 24.4 Å². The van der Waals surface area contributed by atoms with E-state index < -0.39 is 0 Å². The van der Waals surface area contributed by atoms with Crippen LogP contribution >= 0.6 is 0 Å². The molecule has 0 bridgehead atoms. The van der Waals surface area contributed by atoms with E-state index in [0.717, 1.165) is 24.3 Å². The van der Waals surface area contributed by atoms with Gasteiger partial charge in [-0.3, -0.25) is 9.59 Å². The molecule has 25 heavy (non-hydrogen) atoms. The summed E-state index contributed by atoms with van der Waals surface area (Å²) in [5.74, 6) is 0.105. The van der Waals surface area contributed by atoms with Crippen molar-refractivity contribution < 1.29 is 9.59 Å². The summed E-state index contributed by atoms with van der Waals surface area (Å²) < 4.78 is 0. The predicted molar refractivity (Wildman–Crippen MR) is 97.4 cm³/mol. The highest BCUT2D eigenvalue weighted by molar-refractivity contribution is 5.98. The van der Waals surface area contributed by atoms with Gasteiger partial charge in [0.2, 0.25) is 11.8 Å². The molecule has 1 fully saturated rings. The summed E-state index contributed by atoms with van der Waals surface area (Å²) >= 11 is 0. The third kappa shape index (κ3) is 3.28. The number of anilines is 2. The number of carbonyl (C=O) groups excluding carboxylic acids is 2. The van der Waals surface area contributed by atoms with Crippen LogP contribution in [0.5, 0.6) is 0 Å². The first-order valence-electron chi connectivity index (χ1n) is 8.72. The number of carbonyl (C=O) groups is 2. The Kier molecular flexibility index (Phi) is 4.24. The molecule has 2 aromatic rings. The number of nitrogens with one attached hydrogen (secondary N) is 2. The Balaban J connectivity index is 1.46. The zero-order valence-electron chi connectivity index (χ0n) is 14.0. The average Bonchev–Trinajstić information content (AvgIpc) is 3.07. The fraction of sp³-hybridized carbons (Fsp3) is 0.300. The molecule has 0 aromatic heterocycles. The van der Waals surface area contributed by atoms with E-state index in [4.69, 9.17) is 0 Å². The van der Waals surface area contributed by atoms with Crippen LogP contribution in [0.2, 0.25) is 0 Å². The van der Waals surface area contributed by atoms with Crippen molar-refractivity contribution >= 4 is 23.2 Å². The summed E-state index contributed by atoms with van der Waals surface area (Å²) in [6, 6.07) is 15.5. The van der Waals surface area contributed by atoms with Crippen LogP contribution in [0, 0.1) is 0 Å². The van der Waals surface area contributed by atoms with Gasteiger partial charge in [-0.15, -0.1) is 0 Å². The van der Waals surface area contributed by atoms with E-state index in [1.165, 1.54) is 11.1 Å². The number of amides is 2. The molecule has 5 heteroatoms. The van der Waals surface area contributed by atoms with E-state index in [1.807, 2.05) is 36.4 Å². The van der Waals surface area contributed by atoms with Crippen LogP contribution in [-0.2, 0) is 22.6 Å². The minimum Gasteiger partial charge on any atom is -0.325 e. The normalized spacial score (nSPS) is 19.6. The van der Waals surface area contributed by atoms with Gasteiger partial charge in [0.25, 0.3) is 0 Å². The van der Waals surface area contributed by atoms with Crippen LogP contribution < -0.4 is 15.5 Å². The molecular formula is C20H21N3O2. The maximum absolute atomic E-state index is 12.6. The quantitative estimate of drug-likeness (QED) is 0.906. The van der Waals surface area contributed by atoms with Gasteiger partial charge in [0.15, 0.2) is 0 Å². The maximum Gasteiger partial charge on any atom is 0.241 e. The Morgan fingerprint density at radius 3 is 2.76 bits per heavy atom. The summed E-state index contributed by atoms with van der Waals surface area (Å²) in [5, 5.41) is 6.28. The molecule has 2 aliphatic rings. The predicted octanol–water partition coefficient (Wildman–Crippen LogP) is 2.47. The van der Waals surface area contributed by atoms with Crippen molar-refractivity contribution in [1.82, 2.24) is 5.32 Å². The highest BCUT2D eigenvalue weighted by atomic mass is 16.2. The molecule has 1 atom stereocenters. The number of rotatable bonds is 3. The molecule has 2 amide bonds. The molecule has 0 saturated carbocycles. The van der Waals surface area contributed by atoms with Crippen molar-refractivity contribution in [3.05, 3.63) is 59.7 Å². The lowest BCUT2D eigenvalue weighted by molar-refractivity contribution is -0.118. The topological polar surface area (TPSA) is 61.4 Å². The Morgan fingerprint density at radius 1 is 1.12 bits per heavy atom. The molecule has 0 aliphatic carbocycles. The summed E-state index contributed by atoms with van der Waals surface area (Å²) in [6.07, 6.45) is 2.18. The van der Waals surface area contributed by atoms with E-state index >= 15 is 0 Å². The van der Waals surface area contributed by atoms with Crippen molar-refractivity contribution in [3.63, 3.8) is 0 Å². The SMILES string of the molecule is O=C(Nc1cccc(N2CCCC2=O)c1)C1Cc2ccccc2CN1. The molecule has 4 rings (SSSR count). The van der Waals surface area contributed by atoms with Gasteiger partial charge in [0.05, 0.1) is 6.04 Å². The lowest BCUT2D eigenvalue weighted by atomic mass is 9.95. The number of hydrogen-bond acceptors (Lipinski definition) is 3. The van der Waals surface area contributed by atoms with Crippen molar-refractivity contribution in [1.29, 1.82) is 0 Å². The number of benzene rings is 2. The molecule has 2 heterocycles. The summed E-state index contributed by atoms with van der Waals surface area (Å²) in [6.45, 7) is 1.45. The van der Waals surface area contributed by atoms with E-state index in [2.05, 4.69) is 22.8 Å². The zero-order chi connectivity index (χ0) is 17.2. The van der Waals surface area contributed by atoms with Crippen molar-refractivity contribution in [3.8, 4) is 0 Å². The second-order valence-electron chi connectivity index (χ2n) is 6.59. The molecule has 1 saturated heterocycles. The molecule has 2 aromatic carbocycles. The first kappa shape index (κ1) is 15.8. The van der Waals surface area contributed by atoms with Crippen molar-refractivity contribution in [2.45, 2.75) is 31.8 Å². The van der Waals surface area contributed by atoms with Gasteiger partial charge in [-0.05, 0) is 42.2 Å². The molecule has 2 aliphatic heterocycles. The number of hydrogen-bond donors (Lipinski definition) is 2. The fourth-order valence-electron chi connectivity index (χ4n) is 3.54. The van der Waals surface area contributed by atoms with Crippen LogP contribution in [0.4, 0.5) is 11.4 Å². The first-order chi connectivity index (χ1) is 12.2. The van der Waals surface area contributed by atoms with Crippen molar-refractivity contribution in [2.24, 2.45) is 0 Å². The molecule has 1 unspecified atom stereocenters. The van der Waals surface area contributed by atoms with E-state index in [0.29, 0.717) is 19.4 Å². The van der Waals surface area contributed by atoms with E-state index in [9.17, 15) is 9.59 Å². The zero-order valence-corrected chi connectivity index (χ0v) is 14.0. The van der Waals surface area contributed by atoms with Gasteiger partial charge in [0.1, 0.15) is 0 Å². The molecule has 5 nitrogen and oxygen atoms in total. The van der Waals surface area contributed by atoms with E-state index in [1.54, 1.807) is 4.90 Å². The number of fused-ring (bicyclic) bond motifs is 1. The second kappa shape index (κ2) is 6.69. The van der Waals surface area contributed by atoms with E-state index in [-0.39, 0.29) is 17.9 Å². The second-order valence-corrected chi connectivity index (χ2v) is 6.59. The minimum atomic E-state index is -0.244. The highest BCUT2D eigenvalue weighted by Crippen LogP contribution is 2.24. The average molecular weight is 335 g/mol. The fourth-order valence-corrected chi connectivity index (χ4v) is 3.54. The van der Waals surface area contributed by atoms with Crippen molar-refractivity contribution in [2.75, 3.05) is 16.8 Å². The standard InChI is InChI=1S/C20H21N3O2/c24-19-9-4-10-23(19)17-8-3-7-16(12-17)22-20(25)18-11-14-5-1-2-6-15(14)13-21-18/h1-3,5-8,12,18,21H,4,9-11,13H2,(H,22,25). The van der Waals surface area contributed by atoms with Gasteiger partial charge in [0, 0.05) is 30.9 Å². The minimum absolute atomic E-state index is 0.0422. The first-order valence-corrected chi connectivity index (χ1v) is 8.72. The van der Waals surface area contributed by atoms with Gasteiger partial charge in [-0.25, -0.2) is 0 Å². The lowest BCUT2D eigenvalue weighted by Crippen LogP contribution is -2.44. The molecule has 0 radical (unpaired) electrons. The van der Waals surface area contributed by atoms with Crippen LogP contribution in [0.25, 0.3) is 0 Å². The molecule has 0 spiro atoms. The summed E-state index contributed by atoms with van der Waals surface area (Å²) in [4.78, 5) is 26.3. The van der Waals surface area contributed by atoms with Crippen LogP contribution in [0.1, 0.15) is 24.0 Å². The van der Waals surface area contributed by atoms with Gasteiger partial charge >= 0.3 is 0 Å². The number of nitrogens with zero attached hydrogens (tertiary/aromatic N) is 1. The van der Waals surface area contributed by atoms with Crippen LogP contribution in [0.15, 0.2) is 48.5 Å². The summed E-state index contributed by atoms with van der Waals surface area (Å²) in [7, 11) is 0. The summed E-state index contributed by atoms with van der Waals surface area (Å²) in [5.41, 5.74) is 4.05. The van der Waals surface area contributed by atoms with Crippen LogP contribution in [0.3, 0.4) is 0 Å². The Hall–Kier alpha value is -2.66. The third-order valence-electron chi connectivity index (χ3n) is 4.90. The highest BCUT2D eigenvalue weighted by Gasteiger charge is 2.25. The Labute approximate surface area is 147 Å². The molecular weight excluding hydrogens is 314 g/mol. The molecule has 2 N–H and O–H groups in total. The van der Waals surface area contributed by atoms with Gasteiger partial charge < -0.3 is 15.5 Å². The lowest BCUT2D eigenvalue weighted by Gasteiger charge is -2.25.